The van der Waals surface area contributed by atoms with E-state index in [1.54, 1.807) is 11.0 Å². The monoisotopic (exact) mass is 547 g/mol. The van der Waals surface area contributed by atoms with Crippen LogP contribution in [0.2, 0.25) is 0 Å². The van der Waals surface area contributed by atoms with E-state index >= 15 is 0 Å². The van der Waals surface area contributed by atoms with Gasteiger partial charge in [-0.2, -0.15) is 13.2 Å². The van der Waals surface area contributed by atoms with E-state index in [1.807, 2.05) is 13.8 Å². The van der Waals surface area contributed by atoms with E-state index in [0.29, 0.717) is 28.3 Å². The van der Waals surface area contributed by atoms with Crippen molar-refractivity contribution in [3.8, 4) is 0 Å². The van der Waals surface area contributed by atoms with Crippen molar-refractivity contribution in [2.45, 2.75) is 52.1 Å². The van der Waals surface area contributed by atoms with Crippen molar-refractivity contribution < 1.29 is 22.7 Å². The first kappa shape index (κ1) is 26.0. The molecule has 0 saturated carbocycles. The number of ether oxygens (including phenoxy) is 1. The van der Waals surface area contributed by atoms with E-state index in [9.17, 15) is 22.8 Å². The number of carbonyl (C=O) groups excluding carboxylic acids is 1. The molecular formula is C24H24F3N7O3S. The molecule has 200 valence electrons. The van der Waals surface area contributed by atoms with Gasteiger partial charge in [-0.05, 0) is 39.8 Å². The number of thiazole rings is 1. The molecule has 4 aromatic heterocycles. The number of hydrogen-bond acceptors (Lipinski definition) is 9. The molecule has 2 N–H and O–H groups in total. The second kappa shape index (κ2) is 9.58. The molecule has 1 unspecified atom stereocenters. The number of carbonyl (C=O) groups is 1. The summed E-state index contributed by atoms with van der Waals surface area (Å²) in [5, 5.41) is 3.23. The Balaban J connectivity index is 1.44. The van der Waals surface area contributed by atoms with Gasteiger partial charge in [0.1, 0.15) is 17.2 Å². The summed E-state index contributed by atoms with van der Waals surface area (Å²) >= 11 is 1.18. The number of H-pyrrole nitrogens is 1. The third-order valence-electron chi connectivity index (χ3n) is 6.07. The van der Waals surface area contributed by atoms with Crippen LogP contribution in [0, 0.1) is 6.92 Å². The molecule has 0 aromatic carbocycles. The Labute approximate surface area is 218 Å². The van der Waals surface area contributed by atoms with Crippen LogP contribution in [0.15, 0.2) is 23.1 Å². The van der Waals surface area contributed by atoms with Gasteiger partial charge >= 0.3 is 6.18 Å². The van der Waals surface area contributed by atoms with Crippen LogP contribution in [-0.2, 0) is 10.9 Å². The van der Waals surface area contributed by atoms with Crippen LogP contribution in [0.5, 0.6) is 0 Å². The van der Waals surface area contributed by atoms with Crippen molar-refractivity contribution in [2.24, 2.45) is 0 Å². The molecule has 1 saturated heterocycles. The molecular weight excluding hydrogens is 523 g/mol. The number of alkyl halides is 3. The minimum atomic E-state index is -4.72. The van der Waals surface area contributed by atoms with Crippen molar-refractivity contribution in [1.82, 2.24) is 29.8 Å². The first-order valence-electron chi connectivity index (χ1n) is 11.9. The number of nitrogens with one attached hydrogen (secondary N) is 2. The van der Waals surface area contributed by atoms with Gasteiger partial charge in [0, 0.05) is 13.1 Å². The Kier molecular flexibility index (Phi) is 6.55. The van der Waals surface area contributed by atoms with Crippen LogP contribution in [0.1, 0.15) is 53.7 Å². The molecule has 38 heavy (non-hydrogen) atoms. The third kappa shape index (κ3) is 5.05. The number of aryl methyl sites for hydroxylation is 1. The topological polar surface area (TPSA) is 126 Å². The highest BCUT2D eigenvalue weighted by molar-refractivity contribution is 7.20. The summed E-state index contributed by atoms with van der Waals surface area (Å²) in [4.78, 5) is 46.2. The fourth-order valence-corrected chi connectivity index (χ4v) is 5.47. The molecule has 0 aliphatic carbocycles. The first-order valence-corrected chi connectivity index (χ1v) is 12.7. The lowest BCUT2D eigenvalue weighted by Crippen LogP contribution is -2.48. The summed E-state index contributed by atoms with van der Waals surface area (Å²) in [6.45, 7) is 7.70. The van der Waals surface area contributed by atoms with E-state index in [0.717, 1.165) is 6.07 Å². The Hall–Kier alpha value is -3.65. The highest BCUT2D eigenvalue weighted by Gasteiger charge is 2.37. The number of fused-ring (bicyclic) bond motifs is 2. The lowest BCUT2D eigenvalue weighted by molar-refractivity contribution is -0.138. The van der Waals surface area contributed by atoms with Gasteiger partial charge in [-0.1, -0.05) is 0 Å². The zero-order chi connectivity index (χ0) is 27.4. The predicted molar refractivity (Wildman–Crippen MR) is 135 cm³/mol. The van der Waals surface area contributed by atoms with Crippen LogP contribution < -0.4 is 10.9 Å². The molecule has 0 spiro atoms. The largest absolute Gasteiger partial charge is 0.418 e. The number of pyridine rings is 2. The molecule has 1 aliphatic rings. The van der Waals surface area contributed by atoms with Crippen LogP contribution >= 0.6 is 11.3 Å². The quantitative estimate of drug-likeness (QED) is 0.392. The van der Waals surface area contributed by atoms with Crippen molar-refractivity contribution in [1.29, 1.82) is 0 Å². The molecule has 0 radical (unpaired) electrons. The molecule has 0 bridgehead atoms. The number of halogens is 3. The number of amides is 1. The van der Waals surface area contributed by atoms with Gasteiger partial charge in [-0.25, -0.2) is 19.9 Å². The van der Waals surface area contributed by atoms with Crippen LogP contribution in [0.25, 0.3) is 21.3 Å². The highest BCUT2D eigenvalue weighted by atomic mass is 32.1. The van der Waals surface area contributed by atoms with E-state index in [4.69, 9.17) is 4.74 Å². The maximum atomic E-state index is 13.9. The molecule has 5 rings (SSSR count). The predicted octanol–water partition coefficient (Wildman–Crippen LogP) is 4.07. The van der Waals surface area contributed by atoms with E-state index in [-0.39, 0.29) is 46.5 Å². The molecule has 1 fully saturated rings. The number of rotatable bonds is 4. The zero-order valence-electron chi connectivity index (χ0n) is 20.9. The summed E-state index contributed by atoms with van der Waals surface area (Å²) < 4.78 is 48.1. The van der Waals surface area contributed by atoms with Crippen molar-refractivity contribution in [3.63, 3.8) is 0 Å². The number of aromatic amines is 1. The number of aromatic nitrogens is 5. The highest BCUT2D eigenvalue weighted by Crippen LogP contribution is 2.36. The second-order valence-corrected chi connectivity index (χ2v) is 10.4. The van der Waals surface area contributed by atoms with E-state index < -0.39 is 23.3 Å². The number of morpholine rings is 1. The van der Waals surface area contributed by atoms with Gasteiger partial charge in [-0.3, -0.25) is 9.59 Å². The Bertz CT molecular complexity index is 1590. The molecule has 4 aromatic rings. The Morgan fingerprint density at radius 1 is 1.18 bits per heavy atom. The van der Waals surface area contributed by atoms with Gasteiger partial charge in [-0.15, -0.1) is 11.3 Å². The molecule has 1 aliphatic heterocycles. The van der Waals surface area contributed by atoms with Crippen molar-refractivity contribution >= 4 is 44.3 Å². The number of nitrogens with zero attached hydrogens (tertiary/aromatic N) is 5. The fourth-order valence-electron chi connectivity index (χ4n) is 4.53. The molecule has 5 heterocycles. The molecule has 3 atom stereocenters. The van der Waals surface area contributed by atoms with Crippen LogP contribution in [0.3, 0.4) is 0 Å². The summed E-state index contributed by atoms with van der Waals surface area (Å²) in [6, 6.07) is 1.49. The Morgan fingerprint density at radius 3 is 2.58 bits per heavy atom. The summed E-state index contributed by atoms with van der Waals surface area (Å²) in [6.07, 6.45) is -3.44. The smallest absolute Gasteiger partial charge is 0.372 e. The maximum Gasteiger partial charge on any atom is 0.418 e. The van der Waals surface area contributed by atoms with Gasteiger partial charge < -0.3 is 19.9 Å². The van der Waals surface area contributed by atoms with Crippen LogP contribution in [-0.4, -0.2) is 61.0 Å². The van der Waals surface area contributed by atoms with E-state index in [2.05, 4.69) is 30.2 Å². The minimum Gasteiger partial charge on any atom is -0.372 e. The molecule has 10 nitrogen and oxygen atoms in total. The third-order valence-corrected chi connectivity index (χ3v) is 7.08. The van der Waals surface area contributed by atoms with Gasteiger partial charge in [0.25, 0.3) is 11.5 Å². The summed E-state index contributed by atoms with van der Waals surface area (Å²) in [7, 11) is 0. The van der Waals surface area contributed by atoms with E-state index in [1.165, 1.54) is 31.4 Å². The average molecular weight is 548 g/mol. The fraction of sp³-hybridized carbons (Fsp3) is 0.417. The normalized spacial score (nSPS) is 19.2. The number of anilines is 1. The van der Waals surface area contributed by atoms with Crippen molar-refractivity contribution in [2.75, 3.05) is 18.4 Å². The van der Waals surface area contributed by atoms with Gasteiger partial charge in [0.15, 0.2) is 10.5 Å². The van der Waals surface area contributed by atoms with Gasteiger partial charge in [0.05, 0.1) is 45.9 Å². The number of hydrogen-bond donors (Lipinski definition) is 2. The Morgan fingerprint density at radius 2 is 1.89 bits per heavy atom. The SMILES string of the molecule is Cc1nc2cc(C(F)(F)F)c(C(C)Nc3cc4sc(C(=O)N5C[C@@H](C)O[C@@H](C)C5)nc4cn3)nc2c(=O)[nH]1. The maximum absolute atomic E-state index is 13.9. The van der Waals surface area contributed by atoms with Gasteiger partial charge in [0.2, 0.25) is 0 Å². The minimum absolute atomic E-state index is 0.0864. The second-order valence-electron chi connectivity index (χ2n) is 9.33. The van der Waals surface area contributed by atoms with Crippen LogP contribution in [0.4, 0.5) is 19.0 Å². The average Bonchev–Trinajstić information content (AvgIpc) is 3.25. The summed E-state index contributed by atoms with van der Waals surface area (Å²) in [5.74, 6) is 0.251. The lowest BCUT2D eigenvalue weighted by Gasteiger charge is -2.34. The summed E-state index contributed by atoms with van der Waals surface area (Å²) in [5.41, 5.74) is -1.81. The molecule has 14 heteroatoms. The van der Waals surface area contributed by atoms with Crippen molar-refractivity contribution in [3.05, 3.63) is 50.8 Å². The standard InChI is InChI=1S/C24H24F3N7O3S/c1-10-8-34(9-11(2)37-10)23(36)22-32-16-7-28-18(6-17(16)38-22)29-12(3)19-14(24(25,26)27)5-15-20(33-19)21(35)31-13(4)30-15/h5-7,10-12H,8-9H2,1-4H3,(H,28,29)(H,30,31,35)/t10-,11+,12?. The molecule has 1 amide bonds. The first-order chi connectivity index (χ1) is 17.9. The lowest BCUT2D eigenvalue weighted by atomic mass is 10.1. The zero-order valence-corrected chi connectivity index (χ0v) is 21.7.